The fourth-order valence-corrected chi connectivity index (χ4v) is 3.22. The van der Waals surface area contributed by atoms with E-state index in [2.05, 4.69) is 24.0 Å². The first-order valence-electron chi connectivity index (χ1n) is 6.95. The van der Waals surface area contributed by atoms with E-state index in [1.807, 2.05) is 30.3 Å². The Bertz CT molecular complexity index is 828. The summed E-state index contributed by atoms with van der Waals surface area (Å²) in [4.78, 5) is 15.5. The molecule has 0 saturated carbocycles. The van der Waals surface area contributed by atoms with Gasteiger partial charge in [-0.25, -0.2) is 9.78 Å². The molecule has 0 aliphatic carbocycles. The lowest BCUT2D eigenvalue weighted by Gasteiger charge is -2.06. The molecule has 3 aromatic rings. The van der Waals surface area contributed by atoms with E-state index in [1.54, 1.807) is 23.9 Å². The van der Waals surface area contributed by atoms with Crippen LogP contribution in [0.25, 0.3) is 10.9 Å². The first-order valence-corrected chi connectivity index (χ1v) is 7.93. The van der Waals surface area contributed by atoms with Crippen molar-refractivity contribution < 1.29 is 9.90 Å². The molecule has 0 fully saturated rings. The number of fused-ring (bicyclic) bond motifs is 1. The molecule has 0 radical (unpaired) electrons. The predicted molar refractivity (Wildman–Crippen MR) is 89.4 cm³/mol. The van der Waals surface area contributed by atoms with Gasteiger partial charge in [-0.2, -0.15) is 0 Å². The molecule has 1 heterocycles. The number of carbonyl (C=O) groups is 1. The highest BCUT2D eigenvalue weighted by Crippen LogP contribution is 2.26. The maximum atomic E-state index is 10.8. The number of aromatic carboxylic acids is 1. The number of rotatable bonds is 4. The van der Waals surface area contributed by atoms with Crippen LogP contribution in [0.1, 0.15) is 21.5 Å². The minimum Gasteiger partial charge on any atom is -0.478 e. The van der Waals surface area contributed by atoms with Crippen LogP contribution in [-0.4, -0.2) is 16.1 Å². The first-order chi connectivity index (χ1) is 10.6. The Morgan fingerprint density at radius 3 is 2.59 bits per heavy atom. The maximum Gasteiger partial charge on any atom is 0.335 e. The number of benzene rings is 2. The zero-order valence-corrected chi connectivity index (χ0v) is 12.9. The van der Waals surface area contributed by atoms with Gasteiger partial charge in [-0.05, 0) is 42.3 Å². The summed E-state index contributed by atoms with van der Waals surface area (Å²) in [5.74, 6) is -0.129. The fraction of sp³-hybridized carbons (Fsp3) is 0.111. The number of carboxylic acid groups (broad SMARTS) is 1. The van der Waals surface area contributed by atoms with Gasteiger partial charge in [0.25, 0.3) is 0 Å². The summed E-state index contributed by atoms with van der Waals surface area (Å²) in [5, 5.41) is 11.1. The van der Waals surface area contributed by atoms with E-state index in [0.717, 1.165) is 21.9 Å². The van der Waals surface area contributed by atoms with E-state index in [0.29, 0.717) is 5.56 Å². The quantitative estimate of drug-likeness (QED) is 0.719. The number of para-hydroxylation sites is 1. The Balaban J connectivity index is 1.77. The number of aromatic nitrogens is 1. The van der Waals surface area contributed by atoms with E-state index >= 15 is 0 Å². The SMILES string of the molecule is Cc1cc(SCc2ccc(C(=O)O)cc2)nc2ccccc12. The van der Waals surface area contributed by atoms with E-state index in [-0.39, 0.29) is 0 Å². The van der Waals surface area contributed by atoms with Crippen LogP contribution in [0, 0.1) is 6.92 Å². The highest BCUT2D eigenvalue weighted by atomic mass is 32.2. The van der Waals surface area contributed by atoms with Crippen LogP contribution in [0.3, 0.4) is 0 Å². The van der Waals surface area contributed by atoms with Gasteiger partial charge in [-0.3, -0.25) is 0 Å². The molecule has 1 N–H and O–H groups in total. The average molecular weight is 309 g/mol. The Morgan fingerprint density at radius 1 is 1.14 bits per heavy atom. The van der Waals surface area contributed by atoms with Crippen molar-refractivity contribution >= 4 is 28.6 Å². The van der Waals surface area contributed by atoms with E-state index in [9.17, 15) is 4.79 Å². The summed E-state index contributed by atoms with van der Waals surface area (Å²) in [6.45, 7) is 2.09. The molecule has 3 rings (SSSR count). The number of carboxylic acids is 1. The van der Waals surface area contributed by atoms with Crippen molar-refractivity contribution in [3.63, 3.8) is 0 Å². The smallest absolute Gasteiger partial charge is 0.335 e. The van der Waals surface area contributed by atoms with Crippen molar-refractivity contribution in [3.05, 3.63) is 71.3 Å². The molecule has 0 atom stereocenters. The molecular weight excluding hydrogens is 294 g/mol. The molecule has 4 heteroatoms. The Labute approximate surface area is 133 Å². The molecule has 0 unspecified atom stereocenters. The molecule has 0 bridgehead atoms. The second kappa shape index (κ2) is 6.20. The van der Waals surface area contributed by atoms with E-state index in [4.69, 9.17) is 5.11 Å². The number of aryl methyl sites for hydroxylation is 1. The molecule has 0 aliphatic heterocycles. The lowest BCUT2D eigenvalue weighted by molar-refractivity contribution is 0.0697. The van der Waals surface area contributed by atoms with Crippen molar-refractivity contribution in [1.29, 1.82) is 0 Å². The molecule has 3 nitrogen and oxygen atoms in total. The largest absolute Gasteiger partial charge is 0.478 e. The number of thioether (sulfide) groups is 1. The molecule has 1 aromatic heterocycles. The lowest BCUT2D eigenvalue weighted by atomic mass is 10.1. The van der Waals surface area contributed by atoms with Crippen molar-refractivity contribution in [2.75, 3.05) is 0 Å². The zero-order chi connectivity index (χ0) is 15.5. The van der Waals surface area contributed by atoms with Gasteiger partial charge in [0.1, 0.15) is 0 Å². The van der Waals surface area contributed by atoms with Crippen LogP contribution in [0.4, 0.5) is 0 Å². The molecule has 110 valence electrons. The van der Waals surface area contributed by atoms with Gasteiger partial charge in [-0.15, -0.1) is 11.8 Å². The van der Waals surface area contributed by atoms with Crippen LogP contribution in [0.15, 0.2) is 59.6 Å². The highest BCUT2D eigenvalue weighted by molar-refractivity contribution is 7.98. The third kappa shape index (κ3) is 3.12. The average Bonchev–Trinajstić information content (AvgIpc) is 2.53. The fourth-order valence-electron chi connectivity index (χ4n) is 2.29. The number of pyridine rings is 1. The van der Waals surface area contributed by atoms with Gasteiger partial charge in [0.15, 0.2) is 0 Å². The molecule has 22 heavy (non-hydrogen) atoms. The minimum absolute atomic E-state index is 0.313. The number of hydrogen-bond acceptors (Lipinski definition) is 3. The summed E-state index contributed by atoms with van der Waals surface area (Å²) >= 11 is 1.66. The minimum atomic E-state index is -0.897. The molecule has 0 spiro atoms. The van der Waals surface area contributed by atoms with Crippen LogP contribution in [0.5, 0.6) is 0 Å². The molecular formula is C18H15NO2S. The molecule has 0 amide bonds. The third-order valence-electron chi connectivity index (χ3n) is 3.49. The Morgan fingerprint density at radius 2 is 1.86 bits per heavy atom. The van der Waals surface area contributed by atoms with Crippen LogP contribution in [-0.2, 0) is 5.75 Å². The van der Waals surface area contributed by atoms with Gasteiger partial charge >= 0.3 is 5.97 Å². The molecule has 2 aromatic carbocycles. The summed E-state index contributed by atoms with van der Waals surface area (Å²) < 4.78 is 0. The second-order valence-corrected chi connectivity index (χ2v) is 6.08. The molecule has 0 aliphatic rings. The van der Waals surface area contributed by atoms with Gasteiger partial charge in [0.2, 0.25) is 0 Å². The van der Waals surface area contributed by atoms with Gasteiger partial charge in [-0.1, -0.05) is 30.3 Å². The summed E-state index contributed by atoms with van der Waals surface area (Å²) in [6, 6.07) is 17.2. The van der Waals surface area contributed by atoms with E-state index < -0.39 is 5.97 Å². The predicted octanol–water partition coefficient (Wildman–Crippen LogP) is 4.53. The number of hydrogen-bond donors (Lipinski definition) is 1. The lowest BCUT2D eigenvalue weighted by Crippen LogP contribution is -1.95. The Hall–Kier alpha value is -2.33. The van der Waals surface area contributed by atoms with Crippen molar-refractivity contribution in [2.24, 2.45) is 0 Å². The highest BCUT2D eigenvalue weighted by Gasteiger charge is 2.05. The second-order valence-electron chi connectivity index (χ2n) is 5.09. The van der Waals surface area contributed by atoms with Crippen LogP contribution >= 0.6 is 11.8 Å². The summed E-state index contributed by atoms with van der Waals surface area (Å²) in [6.07, 6.45) is 0. The monoisotopic (exact) mass is 309 g/mol. The number of nitrogens with zero attached hydrogens (tertiary/aromatic N) is 1. The summed E-state index contributed by atoms with van der Waals surface area (Å²) in [5.41, 5.74) is 3.62. The first kappa shape index (κ1) is 14.6. The van der Waals surface area contributed by atoms with Gasteiger partial charge in [0, 0.05) is 11.1 Å². The van der Waals surface area contributed by atoms with Crippen LogP contribution < -0.4 is 0 Å². The van der Waals surface area contributed by atoms with Crippen LogP contribution in [0.2, 0.25) is 0 Å². The van der Waals surface area contributed by atoms with Crippen molar-refractivity contribution in [3.8, 4) is 0 Å². The topological polar surface area (TPSA) is 50.2 Å². The third-order valence-corrected chi connectivity index (χ3v) is 4.47. The molecule has 0 saturated heterocycles. The van der Waals surface area contributed by atoms with Crippen molar-refractivity contribution in [2.45, 2.75) is 17.7 Å². The standard InChI is InChI=1S/C18H15NO2S/c1-12-10-17(19-16-5-3-2-4-15(12)16)22-11-13-6-8-14(9-7-13)18(20)21/h2-10H,11H2,1H3,(H,20,21). The van der Waals surface area contributed by atoms with Crippen molar-refractivity contribution in [1.82, 2.24) is 4.98 Å². The summed E-state index contributed by atoms with van der Waals surface area (Å²) in [7, 11) is 0. The van der Waals surface area contributed by atoms with Gasteiger partial charge < -0.3 is 5.11 Å². The van der Waals surface area contributed by atoms with E-state index in [1.165, 1.54) is 10.9 Å². The normalized spacial score (nSPS) is 10.8. The van der Waals surface area contributed by atoms with Gasteiger partial charge in [0.05, 0.1) is 16.1 Å². The maximum absolute atomic E-state index is 10.8. The Kier molecular flexibility index (Phi) is 4.11. The zero-order valence-electron chi connectivity index (χ0n) is 12.1.